The molecule has 3 aromatic rings. The van der Waals surface area contributed by atoms with Crippen molar-refractivity contribution in [3.05, 3.63) is 58.1 Å². The molecule has 0 saturated carbocycles. The van der Waals surface area contributed by atoms with Crippen molar-refractivity contribution in [1.29, 1.82) is 0 Å². The molecule has 0 aliphatic carbocycles. The fourth-order valence-corrected chi connectivity index (χ4v) is 3.91. The number of hydrogen-bond donors (Lipinski definition) is 4. The fourth-order valence-electron chi connectivity index (χ4n) is 3.54. The van der Waals surface area contributed by atoms with Crippen LogP contribution in [0.25, 0.3) is 10.9 Å². The summed E-state index contributed by atoms with van der Waals surface area (Å²) in [5, 5.41) is 34.3. The molecule has 0 fully saturated rings. The Morgan fingerprint density at radius 3 is 2.87 bits per heavy atom. The van der Waals surface area contributed by atoms with Crippen molar-refractivity contribution >= 4 is 43.9 Å². The van der Waals surface area contributed by atoms with Crippen LogP contribution in [0.1, 0.15) is 11.1 Å². The van der Waals surface area contributed by atoms with Crippen LogP contribution in [0, 0.1) is 0 Å². The number of benzene rings is 2. The highest BCUT2D eigenvalue weighted by atomic mass is 79.9. The number of para-hydroxylation sites is 1. The molecule has 1 aromatic heterocycles. The Morgan fingerprint density at radius 1 is 1.26 bits per heavy atom. The average Bonchev–Trinajstić information content (AvgIpc) is 3.27. The maximum absolute atomic E-state index is 10.6. The fraction of sp³-hybridized carbons (Fsp3) is 0.273. The van der Waals surface area contributed by atoms with Gasteiger partial charge in [0.15, 0.2) is 5.88 Å². The molecular weight excluding hydrogens is 464 g/mol. The van der Waals surface area contributed by atoms with Crippen LogP contribution in [-0.4, -0.2) is 76.1 Å². The molecule has 4 rings (SSSR count). The zero-order chi connectivity index (χ0) is 22.0. The van der Waals surface area contributed by atoms with E-state index in [0.29, 0.717) is 36.7 Å². The van der Waals surface area contributed by atoms with Gasteiger partial charge >= 0.3 is 0 Å². The Labute approximate surface area is 187 Å². The number of H-pyrrole nitrogens is 1. The van der Waals surface area contributed by atoms with Gasteiger partial charge in [-0.2, -0.15) is 0 Å². The number of oxime groups is 1. The van der Waals surface area contributed by atoms with Crippen molar-refractivity contribution in [2.75, 3.05) is 33.4 Å². The first-order chi connectivity index (χ1) is 15.0. The molecule has 9 heteroatoms. The highest BCUT2D eigenvalue weighted by Gasteiger charge is 2.29. The third-order valence-corrected chi connectivity index (χ3v) is 5.54. The van der Waals surface area contributed by atoms with E-state index in [0.717, 1.165) is 26.6 Å². The van der Waals surface area contributed by atoms with Crippen molar-refractivity contribution in [3.63, 3.8) is 0 Å². The number of aromatic nitrogens is 1. The SMILES string of the molecule is CN(CCON=C1C(c2c(O)[nH]c3ccc(Br)cc23)=Nc2ccccc21)C[C@@H](O)CO. The predicted molar refractivity (Wildman–Crippen MR) is 123 cm³/mol. The van der Waals surface area contributed by atoms with Crippen LogP contribution in [0.15, 0.2) is 57.1 Å². The second kappa shape index (κ2) is 9.19. The molecule has 1 aliphatic rings. The van der Waals surface area contributed by atoms with E-state index in [-0.39, 0.29) is 12.5 Å². The van der Waals surface area contributed by atoms with E-state index >= 15 is 0 Å². The molecule has 2 heterocycles. The summed E-state index contributed by atoms with van der Waals surface area (Å²) in [7, 11) is 1.83. The van der Waals surface area contributed by atoms with Crippen LogP contribution in [0.5, 0.6) is 5.88 Å². The zero-order valence-corrected chi connectivity index (χ0v) is 18.5. The molecule has 0 amide bonds. The number of aliphatic hydroxyl groups excluding tert-OH is 2. The Bertz CT molecular complexity index is 1160. The first kappa shape index (κ1) is 21.5. The largest absolute Gasteiger partial charge is 0.494 e. The minimum absolute atomic E-state index is 0.0186. The molecule has 0 saturated heterocycles. The van der Waals surface area contributed by atoms with Gasteiger partial charge < -0.3 is 30.0 Å². The standard InChI is InChI=1S/C22H23BrN4O4/c1-27(11-14(29)12-28)8-9-31-26-20-15-4-2-3-5-17(15)24-21(20)19-16-10-13(23)6-7-18(16)25-22(19)30/h2-7,10,14,25,28-30H,8-9,11-12H2,1H3/t14-/m1/s1. The number of nitrogens with zero attached hydrogens (tertiary/aromatic N) is 3. The molecule has 31 heavy (non-hydrogen) atoms. The van der Waals surface area contributed by atoms with Crippen molar-refractivity contribution < 1.29 is 20.2 Å². The number of hydrogen-bond acceptors (Lipinski definition) is 7. The lowest BCUT2D eigenvalue weighted by molar-refractivity contribution is 0.0535. The summed E-state index contributed by atoms with van der Waals surface area (Å²) in [6, 6.07) is 13.3. The minimum atomic E-state index is -0.791. The molecular formula is C22H23BrN4O4. The molecule has 1 atom stereocenters. The molecule has 162 valence electrons. The van der Waals surface area contributed by atoms with Crippen LogP contribution in [0.3, 0.4) is 0 Å². The highest BCUT2D eigenvalue weighted by Crippen LogP contribution is 2.36. The number of aromatic hydroxyl groups is 1. The number of aliphatic imine (C=N–C) groups is 1. The average molecular weight is 487 g/mol. The van der Waals surface area contributed by atoms with Gasteiger partial charge in [-0.05, 0) is 31.3 Å². The van der Waals surface area contributed by atoms with Gasteiger partial charge in [0.2, 0.25) is 0 Å². The Kier molecular flexibility index (Phi) is 6.38. The van der Waals surface area contributed by atoms with Crippen molar-refractivity contribution in [2.24, 2.45) is 10.1 Å². The van der Waals surface area contributed by atoms with Crippen LogP contribution in [0.4, 0.5) is 5.69 Å². The third kappa shape index (κ3) is 4.49. The number of halogens is 1. The summed E-state index contributed by atoms with van der Waals surface area (Å²) >= 11 is 3.49. The summed E-state index contributed by atoms with van der Waals surface area (Å²) in [5.41, 5.74) is 4.02. The van der Waals surface area contributed by atoms with E-state index in [2.05, 4.69) is 26.1 Å². The molecule has 0 bridgehead atoms. The van der Waals surface area contributed by atoms with Gasteiger partial charge in [-0.15, -0.1) is 0 Å². The summed E-state index contributed by atoms with van der Waals surface area (Å²) in [5.74, 6) is 0.0186. The van der Waals surface area contributed by atoms with Crippen molar-refractivity contribution in [2.45, 2.75) is 6.10 Å². The van der Waals surface area contributed by atoms with E-state index in [1.165, 1.54) is 0 Å². The van der Waals surface area contributed by atoms with Crippen LogP contribution in [-0.2, 0) is 4.84 Å². The lowest BCUT2D eigenvalue weighted by Gasteiger charge is -2.18. The maximum Gasteiger partial charge on any atom is 0.199 e. The third-order valence-electron chi connectivity index (χ3n) is 5.05. The van der Waals surface area contributed by atoms with Gasteiger partial charge in [0.1, 0.15) is 18.0 Å². The Balaban J connectivity index is 1.62. The van der Waals surface area contributed by atoms with E-state index in [1.54, 1.807) is 0 Å². The number of likely N-dealkylation sites (N-methyl/N-ethyl adjacent to an activating group) is 1. The van der Waals surface area contributed by atoms with E-state index in [4.69, 9.17) is 14.9 Å². The summed E-state index contributed by atoms with van der Waals surface area (Å²) in [6.45, 7) is 0.866. The number of rotatable bonds is 8. The maximum atomic E-state index is 10.6. The topological polar surface area (TPSA) is 114 Å². The van der Waals surface area contributed by atoms with Crippen LogP contribution >= 0.6 is 15.9 Å². The van der Waals surface area contributed by atoms with Crippen molar-refractivity contribution in [3.8, 4) is 5.88 Å². The van der Waals surface area contributed by atoms with Gasteiger partial charge in [-0.25, -0.2) is 4.99 Å². The lowest BCUT2D eigenvalue weighted by Crippen LogP contribution is -2.33. The second-order valence-electron chi connectivity index (χ2n) is 7.39. The summed E-state index contributed by atoms with van der Waals surface area (Å²) in [6.07, 6.45) is -0.791. The summed E-state index contributed by atoms with van der Waals surface area (Å²) < 4.78 is 0.888. The number of aromatic amines is 1. The Morgan fingerprint density at radius 2 is 2.06 bits per heavy atom. The lowest BCUT2D eigenvalue weighted by atomic mass is 10.0. The van der Waals surface area contributed by atoms with Gasteiger partial charge in [-0.1, -0.05) is 39.3 Å². The summed E-state index contributed by atoms with van der Waals surface area (Å²) in [4.78, 5) is 15.1. The second-order valence-corrected chi connectivity index (χ2v) is 8.30. The first-order valence-electron chi connectivity index (χ1n) is 9.84. The monoisotopic (exact) mass is 486 g/mol. The van der Waals surface area contributed by atoms with Crippen LogP contribution in [0.2, 0.25) is 0 Å². The Hall–Kier alpha value is -2.72. The van der Waals surface area contributed by atoms with Gasteiger partial charge in [0, 0.05) is 34.0 Å². The molecule has 8 nitrogen and oxygen atoms in total. The quantitative estimate of drug-likeness (QED) is 0.288. The van der Waals surface area contributed by atoms with Crippen LogP contribution < -0.4 is 0 Å². The molecule has 1 aliphatic heterocycles. The minimum Gasteiger partial charge on any atom is -0.494 e. The number of nitrogens with one attached hydrogen (secondary N) is 1. The molecule has 0 spiro atoms. The van der Waals surface area contributed by atoms with Gasteiger partial charge in [-0.3, -0.25) is 0 Å². The number of fused-ring (bicyclic) bond motifs is 2. The van der Waals surface area contributed by atoms with E-state index in [9.17, 15) is 10.2 Å². The molecule has 0 unspecified atom stereocenters. The predicted octanol–water partition coefficient (Wildman–Crippen LogP) is 2.78. The molecule has 0 radical (unpaired) electrons. The smallest absolute Gasteiger partial charge is 0.199 e. The zero-order valence-electron chi connectivity index (χ0n) is 16.9. The molecule has 4 N–H and O–H groups in total. The highest BCUT2D eigenvalue weighted by molar-refractivity contribution is 9.10. The van der Waals surface area contributed by atoms with Crippen molar-refractivity contribution in [1.82, 2.24) is 9.88 Å². The van der Waals surface area contributed by atoms with Gasteiger partial charge in [0.25, 0.3) is 0 Å². The van der Waals surface area contributed by atoms with E-state index in [1.807, 2.05) is 54.4 Å². The number of aliphatic hydroxyl groups is 2. The van der Waals surface area contributed by atoms with E-state index < -0.39 is 6.10 Å². The van der Waals surface area contributed by atoms with Gasteiger partial charge in [0.05, 0.1) is 24.0 Å². The molecule has 2 aromatic carbocycles. The first-order valence-corrected chi connectivity index (χ1v) is 10.6. The normalized spacial score (nSPS) is 15.5.